The van der Waals surface area contributed by atoms with Crippen LogP contribution in [-0.4, -0.2) is 74.6 Å². The van der Waals surface area contributed by atoms with Crippen molar-refractivity contribution in [2.24, 2.45) is 22.9 Å². The minimum absolute atomic E-state index is 0.0666. The van der Waals surface area contributed by atoms with E-state index < -0.39 is 38.5 Å². The number of hydrogen-bond donors (Lipinski definition) is 1. The summed E-state index contributed by atoms with van der Waals surface area (Å²) in [5, 5.41) is 26.0. The van der Waals surface area contributed by atoms with Crippen LogP contribution in [0.3, 0.4) is 0 Å². The number of aliphatic hydroxyl groups excluding tert-OH is 1. The Balaban J connectivity index is 0.000000627. The van der Waals surface area contributed by atoms with Gasteiger partial charge in [-0.25, -0.2) is 17.8 Å². The molecule has 4 heterocycles. The summed E-state index contributed by atoms with van der Waals surface area (Å²) in [7, 11) is -6.09. The molecule has 3 aromatic rings. The number of rotatable bonds is 11. The molecule has 1 aromatic carbocycles. The maximum atomic E-state index is 13.6. The highest BCUT2D eigenvalue weighted by Gasteiger charge is 2.60. The fourth-order valence-corrected chi connectivity index (χ4v) is 7.96. The highest BCUT2D eigenvalue weighted by molar-refractivity contribution is 7.98. The van der Waals surface area contributed by atoms with Gasteiger partial charge in [0.05, 0.1) is 34.4 Å². The number of hydrogen-bond acceptors (Lipinski definition) is 12. The molecule has 22 heteroatoms. The van der Waals surface area contributed by atoms with Crippen molar-refractivity contribution in [1.29, 1.82) is 0 Å². The Morgan fingerprint density at radius 3 is 2.44 bits per heavy atom. The number of carbonyl (C=O) groups is 2. The van der Waals surface area contributed by atoms with Gasteiger partial charge in [-0.3, -0.25) is 14.9 Å². The number of non-ortho nitro benzene ring substituents is 1. The first-order chi connectivity index (χ1) is 23.3. The van der Waals surface area contributed by atoms with Crippen LogP contribution < -0.4 is 4.57 Å². The molecule has 5 rings (SSSR count). The number of nitro groups is 1. The van der Waals surface area contributed by atoms with Crippen LogP contribution in [0, 0.1) is 27.9 Å². The first kappa shape index (κ1) is 38.6. The number of imidazole rings is 1. The number of nitro benzene ring substituents is 1. The van der Waals surface area contributed by atoms with Crippen LogP contribution >= 0.6 is 23.1 Å². The first-order valence-corrected chi connectivity index (χ1v) is 18.0. The summed E-state index contributed by atoms with van der Waals surface area (Å²) in [5.41, 5.74) is 4.37. The molecule has 2 aromatic heterocycles. The summed E-state index contributed by atoms with van der Waals surface area (Å²) in [6.45, 7) is 6.48. The number of halogens is 3. The molecule has 16 nitrogen and oxygen atoms in total. The van der Waals surface area contributed by atoms with Gasteiger partial charge in [-0.1, -0.05) is 42.1 Å². The zero-order valence-electron chi connectivity index (χ0n) is 26.7. The molecule has 0 spiro atoms. The Bertz CT molecular complexity index is 1990. The van der Waals surface area contributed by atoms with Gasteiger partial charge in [-0.05, 0) is 42.3 Å². The van der Waals surface area contributed by atoms with Gasteiger partial charge in [0.2, 0.25) is 15.8 Å². The van der Waals surface area contributed by atoms with Crippen molar-refractivity contribution in [3.05, 3.63) is 73.5 Å². The molecule has 1 saturated heterocycles. The molecular formula is C28H30F3N7O9S3. The summed E-state index contributed by atoms with van der Waals surface area (Å²) in [5.74, 6) is -1.71. The third-order valence-electron chi connectivity index (χ3n) is 7.99. The number of amides is 1. The van der Waals surface area contributed by atoms with Crippen molar-refractivity contribution >= 4 is 61.2 Å². The number of esters is 1. The molecule has 50 heavy (non-hydrogen) atoms. The van der Waals surface area contributed by atoms with E-state index >= 15 is 0 Å². The lowest BCUT2D eigenvalue weighted by atomic mass is 9.77. The predicted octanol–water partition coefficient (Wildman–Crippen LogP) is 4.23. The average Bonchev–Trinajstić information content (AvgIpc) is 3.64. The van der Waals surface area contributed by atoms with Gasteiger partial charge in [-0.2, -0.15) is 17.6 Å². The molecule has 1 amide bonds. The second-order valence-electron chi connectivity index (χ2n) is 11.5. The number of thiazole rings is 1. The van der Waals surface area contributed by atoms with Gasteiger partial charge in [0, 0.05) is 35.1 Å². The third kappa shape index (κ3) is 7.74. The Kier molecular flexibility index (Phi) is 11.5. The Morgan fingerprint density at radius 1 is 1.30 bits per heavy atom. The lowest BCUT2D eigenvalue weighted by Gasteiger charge is -2.46. The molecule has 0 unspecified atom stereocenters. The maximum Gasteiger partial charge on any atom is 0.485 e. The van der Waals surface area contributed by atoms with E-state index in [9.17, 15) is 38.0 Å². The van der Waals surface area contributed by atoms with E-state index in [-0.39, 0.29) is 41.8 Å². The first-order valence-electron chi connectivity index (χ1n) is 14.6. The number of aromatic nitrogens is 2. The summed E-state index contributed by atoms with van der Waals surface area (Å²) in [4.78, 5) is 43.3. The summed E-state index contributed by atoms with van der Waals surface area (Å²) < 4.78 is 68.6. The molecule has 0 saturated carbocycles. The fraction of sp³-hybridized carbons (Fsp3) is 0.464. The normalized spacial score (nSPS) is 20.0. The number of β-lactam (4-membered cyclic amide) rings is 1. The van der Waals surface area contributed by atoms with Crippen LogP contribution in [0.1, 0.15) is 31.2 Å². The summed E-state index contributed by atoms with van der Waals surface area (Å²) >= 11 is 3.10. The highest BCUT2D eigenvalue weighted by Crippen LogP contribution is 2.52. The van der Waals surface area contributed by atoms with Crippen LogP contribution in [-0.2, 0) is 37.6 Å². The predicted molar refractivity (Wildman–Crippen MR) is 171 cm³/mol. The second kappa shape index (κ2) is 15.0. The molecule has 270 valence electrons. The number of aliphatic hydroxyl groups is 1. The van der Waals surface area contributed by atoms with Crippen LogP contribution in [0.2, 0.25) is 0 Å². The smallest absolute Gasteiger partial charge is 0.485 e. The van der Waals surface area contributed by atoms with E-state index in [0.29, 0.717) is 24.2 Å². The maximum absolute atomic E-state index is 13.6. The Morgan fingerprint density at radius 2 is 1.92 bits per heavy atom. The lowest BCUT2D eigenvalue weighted by Crippen LogP contribution is -2.63. The average molecular weight is 762 g/mol. The topological polar surface area (TPSA) is 224 Å². The number of fused-ring (bicyclic) bond motifs is 2. The van der Waals surface area contributed by atoms with Gasteiger partial charge in [-0.15, -0.1) is 0 Å². The summed E-state index contributed by atoms with van der Waals surface area (Å²) in [6, 6.07) is 5.36. The van der Waals surface area contributed by atoms with Crippen molar-refractivity contribution in [3.8, 4) is 0 Å². The minimum Gasteiger partial charge on any atom is -0.741 e. The molecule has 5 atom stereocenters. The van der Waals surface area contributed by atoms with E-state index in [1.54, 1.807) is 18.7 Å². The summed E-state index contributed by atoms with van der Waals surface area (Å²) in [6.07, 6.45) is 5.03. The molecular weight excluding hydrogens is 732 g/mol. The molecule has 2 aliphatic rings. The third-order valence-corrected chi connectivity index (χ3v) is 10.6. The zero-order valence-corrected chi connectivity index (χ0v) is 29.1. The van der Waals surface area contributed by atoms with Gasteiger partial charge >= 0.3 is 11.5 Å². The van der Waals surface area contributed by atoms with Crippen LogP contribution in [0.15, 0.2) is 52.6 Å². The van der Waals surface area contributed by atoms with E-state index in [2.05, 4.69) is 14.6 Å². The van der Waals surface area contributed by atoms with E-state index in [4.69, 9.17) is 23.2 Å². The molecule has 1 N–H and O–H groups in total. The monoisotopic (exact) mass is 761 g/mol. The zero-order chi connectivity index (χ0) is 37.3. The van der Waals surface area contributed by atoms with Gasteiger partial charge in [0.15, 0.2) is 10.1 Å². The standard InChI is InChI=1S/C27H30N7O6S2.CHF3O3S/c1-14(9-29-30-28)10-31-13-32-11-19(42-26(32)25(31)41-4)20-15(2)22-21(16(3)35)24(36)33(22)23(20)27(37)40-12-17-5-7-18(8-6-17)34(38)39;2-1(3,4)8(5,6)7/h5-8,11,13-16,21-22,35H,9-10,12H2,1-4H3;(H,5,6,7)/q+1;/p-1/t14-,15-,16+,21+,22+;/m0./s1. The number of azide groups is 1. The van der Waals surface area contributed by atoms with E-state index in [1.807, 2.05) is 37.0 Å². The van der Waals surface area contributed by atoms with Crippen molar-refractivity contribution < 1.29 is 55.1 Å². The number of ether oxygens (including phenoxy) is 1. The molecule has 2 aliphatic heterocycles. The van der Waals surface area contributed by atoms with Crippen LogP contribution in [0.5, 0.6) is 0 Å². The van der Waals surface area contributed by atoms with Crippen molar-refractivity contribution in [1.82, 2.24) is 9.30 Å². The number of benzene rings is 1. The Hall–Kier alpha value is -4.21. The highest BCUT2D eigenvalue weighted by atomic mass is 32.2. The van der Waals surface area contributed by atoms with Gasteiger partial charge in [0.1, 0.15) is 18.5 Å². The van der Waals surface area contributed by atoms with Gasteiger partial charge in [0.25, 0.3) is 12.0 Å². The number of carbonyl (C=O) groups excluding carboxylic acids is 2. The molecule has 0 radical (unpaired) electrons. The largest absolute Gasteiger partial charge is 0.741 e. The SMILES string of the molecule is CSc1c2sc(C3=C(C(=O)OCc4ccc([N+](=O)[O-])cc4)N4C(=O)[C@H]([C@@H](C)O)[C@H]4[C@H]3C)cn2c[n+]1C[C@@H](C)CN=[N+]=[N-].O=S(=O)([O-])C(F)(F)F. The van der Waals surface area contributed by atoms with E-state index in [0.717, 1.165) is 14.7 Å². The van der Waals surface area contributed by atoms with Crippen molar-refractivity contribution in [2.45, 2.75) is 56.6 Å². The Labute approximate surface area is 290 Å². The van der Waals surface area contributed by atoms with Crippen LogP contribution in [0.4, 0.5) is 18.9 Å². The van der Waals surface area contributed by atoms with Crippen molar-refractivity contribution in [3.63, 3.8) is 0 Å². The molecule has 0 bridgehead atoms. The number of alkyl halides is 3. The fourth-order valence-electron chi connectivity index (χ4n) is 5.78. The molecule has 0 aliphatic carbocycles. The second-order valence-corrected chi connectivity index (χ2v) is 14.7. The van der Waals surface area contributed by atoms with Gasteiger partial charge < -0.3 is 19.3 Å². The number of thioether (sulfide) groups is 1. The minimum atomic E-state index is -6.09. The molecule has 1 fully saturated rings. The quantitative estimate of drug-likeness (QED) is 0.0250. The van der Waals surface area contributed by atoms with Crippen LogP contribution in [0.25, 0.3) is 20.8 Å². The van der Waals surface area contributed by atoms with Crippen molar-refractivity contribution in [2.75, 3.05) is 12.8 Å². The lowest BCUT2D eigenvalue weighted by molar-refractivity contribution is -0.734. The number of nitrogens with zero attached hydrogens (tertiary/aromatic N) is 7. The van der Waals surface area contributed by atoms with E-state index in [1.165, 1.54) is 40.5 Å².